The third-order valence-electron chi connectivity index (χ3n) is 4.75. The molecule has 126 valence electrons. The van der Waals surface area contributed by atoms with Crippen molar-refractivity contribution >= 4 is 17.3 Å². The summed E-state index contributed by atoms with van der Waals surface area (Å²) in [7, 11) is 0. The third kappa shape index (κ3) is 2.78. The van der Waals surface area contributed by atoms with Crippen LogP contribution in [0.25, 0.3) is 0 Å². The first-order valence-corrected chi connectivity index (χ1v) is 8.18. The maximum Gasteiger partial charge on any atom is 0.326 e. The zero-order chi connectivity index (χ0) is 16.6. The number of carboxylic acid groups (broad SMARTS) is 1. The van der Waals surface area contributed by atoms with E-state index in [1.54, 1.807) is 0 Å². The number of ether oxygens (including phenoxy) is 2. The standard InChI is InChI=1S/C17H24N2O4/c1-4-12(16(20)21)19-10-17(3,5-2)18-11-8-14-15(9-13(11)19)23-7-6-22-14/h8-9,12,18H,4-7,10H2,1-3H3,(H,20,21). The van der Waals surface area contributed by atoms with E-state index in [9.17, 15) is 9.90 Å². The first-order chi connectivity index (χ1) is 11.0. The monoisotopic (exact) mass is 320 g/mol. The number of anilines is 2. The average Bonchev–Trinajstić information content (AvgIpc) is 2.53. The minimum absolute atomic E-state index is 0.181. The van der Waals surface area contributed by atoms with Gasteiger partial charge in [-0.15, -0.1) is 0 Å². The average molecular weight is 320 g/mol. The van der Waals surface area contributed by atoms with Crippen LogP contribution in [0.5, 0.6) is 11.5 Å². The van der Waals surface area contributed by atoms with Crippen LogP contribution in [-0.4, -0.2) is 42.4 Å². The molecule has 1 aromatic carbocycles. The second-order valence-electron chi connectivity index (χ2n) is 6.44. The van der Waals surface area contributed by atoms with Crippen molar-refractivity contribution in [3.63, 3.8) is 0 Å². The Morgan fingerprint density at radius 2 is 2.00 bits per heavy atom. The Hall–Kier alpha value is -2.11. The summed E-state index contributed by atoms with van der Waals surface area (Å²) in [6, 6.07) is 3.28. The van der Waals surface area contributed by atoms with E-state index in [4.69, 9.17) is 9.47 Å². The molecule has 6 heteroatoms. The van der Waals surface area contributed by atoms with Gasteiger partial charge in [0.2, 0.25) is 0 Å². The van der Waals surface area contributed by atoms with E-state index in [1.165, 1.54) is 0 Å². The fraction of sp³-hybridized carbons (Fsp3) is 0.588. The van der Waals surface area contributed by atoms with Gasteiger partial charge >= 0.3 is 5.97 Å². The van der Waals surface area contributed by atoms with Crippen molar-refractivity contribution in [1.29, 1.82) is 0 Å². The largest absolute Gasteiger partial charge is 0.486 e. The lowest BCUT2D eigenvalue weighted by atomic mass is 9.92. The smallest absolute Gasteiger partial charge is 0.326 e. The van der Waals surface area contributed by atoms with E-state index in [0.29, 0.717) is 37.7 Å². The summed E-state index contributed by atoms with van der Waals surface area (Å²) in [6.07, 6.45) is 1.44. The molecule has 2 atom stereocenters. The highest BCUT2D eigenvalue weighted by Crippen LogP contribution is 2.45. The molecule has 1 aromatic rings. The van der Waals surface area contributed by atoms with Gasteiger partial charge in [0.15, 0.2) is 11.5 Å². The number of hydrogen-bond donors (Lipinski definition) is 2. The maximum atomic E-state index is 11.7. The van der Waals surface area contributed by atoms with Crippen molar-refractivity contribution in [3.05, 3.63) is 12.1 Å². The van der Waals surface area contributed by atoms with Crippen molar-refractivity contribution in [2.45, 2.75) is 45.2 Å². The van der Waals surface area contributed by atoms with E-state index in [2.05, 4.69) is 19.2 Å². The summed E-state index contributed by atoms with van der Waals surface area (Å²) >= 11 is 0. The molecule has 2 aliphatic heterocycles. The van der Waals surface area contributed by atoms with Gasteiger partial charge in [-0.1, -0.05) is 13.8 Å². The summed E-state index contributed by atoms with van der Waals surface area (Å²) in [6.45, 7) is 7.82. The van der Waals surface area contributed by atoms with Gasteiger partial charge in [0.1, 0.15) is 19.3 Å². The van der Waals surface area contributed by atoms with Crippen LogP contribution in [0.1, 0.15) is 33.6 Å². The summed E-state index contributed by atoms with van der Waals surface area (Å²) in [4.78, 5) is 13.7. The maximum absolute atomic E-state index is 11.7. The molecule has 0 aliphatic carbocycles. The van der Waals surface area contributed by atoms with E-state index in [0.717, 1.165) is 17.8 Å². The summed E-state index contributed by atoms with van der Waals surface area (Å²) in [5, 5.41) is 13.2. The molecule has 0 saturated heterocycles. The molecule has 2 N–H and O–H groups in total. The van der Waals surface area contributed by atoms with Crippen LogP contribution >= 0.6 is 0 Å². The lowest BCUT2D eigenvalue weighted by Gasteiger charge is -2.46. The molecule has 2 unspecified atom stereocenters. The normalized spacial score (nSPS) is 23.7. The molecule has 2 aliphatic rings. The second-order valence-corrected chi connectivity index (χ2v) is 6.44. The lowest BCUT2D eigenvalue weighted by molar-refractivity contribution is -0.138. The third-order valence-corrected chi connectivity index (χ3v) is 4.75. The quantitative estimate of drug-likeness (QED) is 0.889. The van der Waals surface area contributed by atoms with Gasteiger partial charge in [0.25, 0.3) is 0 Å². The highest BCUT2D eigenvalue weighted by Gasteiger charge is 2.38. The number of fused-ring (bicyclic) bond motifs is 2. The number of carbonyl (C=O) groups is 1. The Balaban J connectivity index is 2.09. The predicted octanol–water partition coefficient (Wildman–Crippen LogP) is 2.72. The summed E-state index contributed by atoms with van der Waals surface area (Å²) in [5.74, 6) is 0.599. The van der Waals surface area contributed by atoms with Gasteiger partial charge in [-0.25, -0.2) is 4.79 Å². The zero-order valence-corrected chi connectivity index (χ0v) is 13.9. The van der Waals surface area contributed by atoms with Crippen LogP contribution in [0.2, 0.25) is 0 Å². The van der Waals surface area contributed by atoms with Gasteiger partial charge in [-0.2, -0.15) is 0 Å². The Bertz CT molecular complexity index is 619. The molecule has 0 fully saturated rings. The minimum atomic E-state index is -0.798. The molecule has 0 saturated carbocycles. The SMILES string of the molecule is CCC(C(=O)O)N1CC(C)(CC)Nc2cc3c(cc21)OCCO3. The number of nitrogens with one attached hydrogen (secondary N) is 1. The first kappa shape index (κ1) is 15.8. The topological polar surface area (TPSA) is 71.0 Å². The fourth-order valence-electron chi connectivity index (χ4n) is 3.25. The van der Waals surface area contributed by atoms with Crippen molar-refractivity contribution in [3.8, 4) is 11.5 Å². The fourth-order valence-corrected chi connectivity index (χ4v) is 3.25. The molecule has 0 spiro atoms. The highest BCUT2D eigenvalue weighted by molar-refractivity contribution is 5.85. The molecule has 0 amide bonds. The van der Waals surface area contributed by atoms with Crippen LogP contribution < -0.4 is 19.7 Å². The molecule has 3 rings (SSSR count). The Labute approximate surface area is 136 Å². The Morgan fingerprint density at radius 3 is 2.57 bits per heavy atom. The van der Waals surface area contributed by atoms with Crippen molar-refractivity contribution in [1.82, 2.24) is 0 Å². The van der Waals surface area contributed by atoms with Gasteiger partial charge in [-0.05, 0) is 19.8 Å². The predicted molar refractivity (Wildman–Crippen MR) is 88.8 cm³/mol. The molecule has 6 nitrogen and oxygen atoms in total. The lowest BCUT2D eigenvalue weighted by Crippen LogP contribution is -2.55. The van der Waals surface area contributed by atoms with Crippen LogP contribution in [0.4, 0.5) is 11.4 Å². The molecule has 0 radical (unpaired) electrons. The van der Waals surface area contributed by atoms with E-state index < -0.39 is 12.0 Å². The van der Waals surface area contributed by atoms with Gasteiger partial charge in [-0.3, -0.25) is 0 Å². The van der Waals surface area contributed by atoms with Crippen LogP contribution in [0, 0.1) is 0 Å². The number of aliphatic carboxylic acids is 1. The molecule has 23 heavy (non-hydrogen) atoms. The first-order valence-electron chi connectivity index (χ1n) is 8.18. The second kappa shape index (κ2) is 5.83. The number of carboxylic acids is 1. The van der Waals surface area contributed by atoms with Crippen LogP contribution in [-0.2, 0) is 4.79 Å². The van der Waals surface area contributed by atoms with Crippen molar-refractivity contribution < 1.29 is 19.4 Å². The summed E-state index contributed by atoms with van der Waals surface area (Å²) < 4.78 is 11.3. The van der Waals surface area contributed by atoms with Crippen molar-refractivity contribution in [2.24, 2.45) is 0 Å². The van der Waals surface area contributed by atoms with Crippen molar-refractivity contribution in [2.75, 3.05) is 30.0 Å². The van der Waals surface area contributed by atoms with E-state index in [-0.39, 0.29) is 5.54 Å². The van der Waals surface area contributed by atoms with Crippen LogP contribution in [0.3, 0.4) is 0 Å². The number of rotatable bonds is 4. The number of benzene rings is 1. The van der Waals surface area contributed by atoms with E-state index in [1.807, 2.05) is 24.0 Å². The minimum Gasteiger partial charge on any atom is -0.486 e. The Kier molecular flexibility index (Phi) is 4.00. The molecule has 2 heterocycles. The van der Waals surface area contributed by atoms with Crippen LogP contribution in [0.15, 0.2) is 12.1 Å². The van der Waals surface area contributed by atoms with Gasteiger partial charge in [0, 0.05) is 18.7 Å². The molecule has 0 aromatic heterocycles. The summed E-state index contributed by atoms with van der Waals surface area (Å²) in [5.41, 5.74) is 1.60. The van der Waals surface area contributed by atoms with Gasteiger partial charge < -0.3 is 24.8 Å². The molecule has 0 bridgehead atoms. The van der Waals surface area contributed by atoms with Gasteiger partial charge in [0.05, 0.1) is 16.9 Å². The molecular formula is C17H24N2O4. The number of hydrogen-bond acceptors (Lipinski definition) is 5. The zero-order valence-electron chi connectivity index (χ0n) is 13.9. The number of nitrogens with zero attached hydrogens (tertiary/aromatic N) is 1. The highest BCUT2D eigenvalue weighted by atomic mass is 16.6. The Morgan fingerprint density at radius 1 is 1.35 bits per heavy atom. The molecular weight excluding hydrogens is 296 g/mol. The van der Waals surface area contributed by atoms with E-state index >= 15 is 0 Å².